The van der Waals surface area contributed by atoms with E-state index >= 15 is 0 Å². The Labute approximate surface area is 190 Å². The highest BCUT2D eigenvalue weighted by atomic mass is 127. The van der Waals surface area contributed by atoms with Crippen LogP contribution in [0.1, 0.15) is 36.6 Å². The van der Waals surface area contributed by atoms with Crippen molar-refractivity contribution in [3.05, 3.63) is 91.4 Å². The predicted octanol–water partition coefficient (Wildman–Crippen LogP) is 6.18. The van der Waals surface area contributed by atoms with Gasteiger partial charge < -0.3 is 0 Å². The van der Waals surface area contributed by atoms with Gasteiger partial charge in [-0.3, -0.25) is 9.80 Å². The van der Waals surface area contributed by atoms with Crippen LogP contribution in [-0.4, -0.2) is 35.0 Å². The van der Waals surface area contributed by atoms with Crippen molar-refractivity contribution in [2.24, 2.45) is 0 Å². The Kier molecular flexibility index (Phi) is 6.69. The van der Waals surface area contributed by atoms with Crippen LogP contribution >= 0.6 is 33.9 Å². The minimum absolute atomic E-state index is 0.0919. The van der Waals surface area contributed by atoms with E-state index in [1.165, 1.54) is 20.8 Å². The summed E-state index contributed by atoms with van der Waals surface area (Å²) < 4.78 is 15.3. The molecule has 1 fully saturated rings. The maximum absolute atomic E-state index is 14.0. The molecule has 2 heterocycles. The van der Waals surface area contributed by atoms with Crippen LogP contribution < -0.4 is 0 Å². The summed E-state index contributed by atoms with van der Waals surface area (Å²) in [5.41, 5.74) is 3.66. The van der Waals surface area contributed by atoms with Gasteiger partial charge in [-0.05, 0) is 94.2 Å². The molecule has 1 saturated heterocycles. The number of hydrogen-bond acceptors (Lipinski definition) is 3. The van der Waals surface area contributed by atoms with Gasteiger partial charge in [-0.15, -0.1) is 0 Å². The van der Waals surface area contributed by atoms with Crippen molar-refractivity contribution in [1.82, 2.24) is 9.80 Å². The van der Waals surface area contributed by atoms with Crippen LogP contribution in [0.4, 0.5) is 4.39 Å². The third-order valence-electron chi connectivity index (χ3n) is 5.79. The Morgan fingerprint density at radius 1 is 1.03 bits per heavy atom. The highest BCUT2D eigenvalue weighted by Crippen LogP contribution is 2.34. The quantitative estimate of drug-likeness (QED) is 0.371. The monoisotopic (exact) mass is 520 g/mol. The summed E-state index contributed by atoms with van der Waals surface area (Å²) in [5, 5.41) is 4.31. The molecule has 0 saturated carbocycles. The molecule has 3 atom stereocenters. The van der Waals surface area contributed by atoms with Gasteiger partial charge in [-0.1, -0.05) is 24.3 Å². The second kappa shape index (κ2) is 9.25. The summed E-state index contributed by atoms with van der Waals surface area (Å²) in [6.45, 7) is 7.54. The molecule has 152 valence electrons. The van der Waals surface area contributed by atoms with E-state index in [4.69, 9.17) is 0 Å². The molecular formula is C24H26FIN2S. The average Bonchev–Trinajstić information content (AvgIpc) is 3.20. The maximum atomic E-state index is 14.0. The van der Waals surface area contributed by atoms with Crippen molar-refractivity contribution in [2.45, 2.75) is 38.5 Å². The zero-order chi connectivity index (χ0) is 20.4. The van der Waals surface area contributed by atoms with Gasteiger partial charge in [-0.25, -0.2) is 4.39 Å². The molecule has 4 rings (SSSR count). The molecule has 0 amide bonds. The van der Waals surface area contributed by atoms with Gasteiger partial charge in [0.15, 0.2) is 0 Å². The van der Waals surface area contributed by atoms with Crippen molar-refractivity contribution < 1.29 is 4.39 Å². The van der Waals surface area contributed by atoms with Crippen LogP contribution in [-0.2, 0) is 6.54 Å². The third kappa shape index (κ3) is 4.90. The summed E-state index contributed by atoms with van der Waals surface area (Å²) in [6, 6.07) is 18.9. The molecule has 1 aliphatic rings. The normalized spacial score (nSPS) is 21.9. The fourth-order valence-corrected chi connectivity index (χ4v) is 5.64. The van der Waals surface area contributed by atoms with Crippen LogP contribution in [0.3, 0.4) is 0 Å². The van der Waals surface area contributed by atoms with E-state index in [1.54, 1.807) is 17.4 Å². The minimum atomic E-state index is -0.166. The molecule has 2 aromatic carbocycles. The van der Waals surface area contributed by atoms with Gasteiger partial charge in [0.1, 0.15) is 5.82 Å². The molecule has 3 aromatic rings. The molecule has 5 heteroatoms. The van der Waals surface area contributed by atoms with E-state index in [1.807, 2.05) is 6.07 Å². The number of piperazine rings is 1. The van der Waals surface area contributed by atoms with Crippen molar-refractivity contribution in [2.75, 3.05) is 13.1 Å². The van der Waals surface area contributed by atoms with Gasteiger partial charge in [0.05, 0.1) is 6.04 Å². The van der Waals surface area contributed by atoms with Crippen molar-refractivity contribution in [1.29, 1.82) is 0 Å². The standard InChI is InChI=1S/C24H26FIN2S/c1-17-14-28(18(2)13-27(17)15-19-5-3-8-23(26)11-19)24(21-9-10-29-16-21)20-6-4-7-22(25)12-20/h3-12,16-18,24H,13-15H2,1-2H3/t17-,18+,24+/m1/s1. The molecule has 0 N–H and O–H groups in total. The lowest BCUT2D eigenvalue weighted by Gasteiger charge is -2.47. The Balaban J connectivity index is 1.57. The summed E-state index contributed by atoms with van der Waals surface area (Å²) in [4.78, 5) is 5.12. The number of nitrogens with zero attached hydrogens (tertiary/aromatic N) is 2. The first-order valence-electron chi connectivity index (χ1n) is 10.0. The minimum Gasteiger partial charge on any atom is -0.294 e. The number of halogens is 2. The summed E-state index contributed by atoms with van der Waals surface area (Å²) >= 11 is 4.08. The zero-order valence-corrected chi connectivity index (χ0v) is 19.7. The van der Waals surface area contributed by atoms with Crippen LogP contribution in [0.5, 0.6) is 0 Å². The number of thiophene rings is 1. The largest absolute Gasteiger partial charge is 0.294 e. The topological polar surface area (TPSA) is 6.48 Å². The molecule has 1 aliphatic heterocycles. The van der Waals surface area contributed by atoms with E-state index in [-0.39, 0.29) is 11.9 Å². The van der Waals surface area contributed by atoms with E-state index in [2.05, 4.69) is 93.4 Å². The zero-order valence-electron chi connectivity index (χ0n) is 16.8. The molecule has 0 radical (unpaired) electrons. The Morgan fingerprint density at radius 3 is 2.59 bits per heavy atom. The molecular weight excluding hydrogens is 494 g/mol. The molecule has 2 nitrogen and oxygen atoms in total. The highest BCUT2D eigenvalue weighted by molar-refractivity contribution is 14.1. The first kappa shape index (κ1) is 21.0. The van der Waals surface area contributed by atoms with Crippen LogP contribution in [0, 0.1) is 9.39 Å². The predicted molar refractivity (Wildman–Crippen MR) is 128 cm³/mol. The molecule has 0 unspecified atom stereocenters. The number of benzene rings is 2. The summed E-state index contributed by atoms with van der Waals surface area (Å²) in [5.74, 6) is -0.166. The first-order chi connectivity index (χ1) is 14.0. The highest BCUT2D eigenvalue weighted by Gasteiger charge is 2.35. The second-order valence-corrected chi connectivity index (χ2v) is 9.99. The molecule has 0 spiro atoms. The average molecular weight is 520 g/mol. The SMILES string of the molecule is C[C@@H]1CN([C@H](c2ccsc2)c2cccc(F)c2)[C@@H](C)CN1Cc1cccc(I)c1. The fourth-order valence-electron chi connectivity index (χ4n) is 4.36. The smallest absolute Gasteiger partial charge is 0.123 e. The van der Waals surface area contributed by atoms with Gasteiger partial charge in [-0.2, -0.15) is 11.3 Å². The van der Waals surface area contributed by atoms with Gasteiger partial charge >= 0.3 is 0 Å². The van der Waals surface area contributed by atoms with Crippen LogP contribution in [0.15, 0.2) is 65.4 Å². The first-order valence-corrected chi connectivity index (χ1v) is 12.0. The fraction of sp³-hybridized carbons (Fsp3) is 0.333. The Bertz CT molecular complexity index is 946. The van der Waals surface area contributed by atoms with E-state index in [0.717, 1.165) is 25.2 Å². The Hall–Kier alpha value is -1.28. The second-order valence-electron chi connectivity index (χ2n) is 7.97. The molecule has 1 aromatic heterocycles. The van der Waals surface area contributed by atoms with Crippen LogP contribution in [0.2, 0.25) is 0 Å². The van der Waals surface area contributed by atoms with E-state index < -0.39 is 0 Å². The lowest BCUT2D eigenvalue weighted by Crippen LogP contribution is -2.56. The van der Waals surface area contributed by atoms with E-state index in [0.29, 0.717) is 12.1 Å². The van der Waals surface area contributed by atoms with Gasteiger partial charge in [0.25, 0.3) is 0 Å². The summed E-state index contributed by atoms with van der Waals surface area (Å²) in [6.07, 6.45) is 0. The van der Waals surface area contributed by atoms with E-state index in [9.17, 15) is 4.39 Å². The number of hydrogen-bond donors (Lipinski definition) is 0. The Morgan fingerprint density at radius 2 is 1.86 bits per heavy atom. The molecule has 29 heavy (non-hydrogen) atoms. The van der Waals surface area contributed by atoms with Crippen molar-refractivity contribution in [3.8, 4) is 0 Å². The third-order valence-corrected chi connectivity index (χ3v) is 7.17. The van der Waals surface area contributed by atoms with Crippen molar-refractivity contribution in [3.63, 3.8) is 0 Å². The lowest BCUT2D eigenvalue weighted by atomic mass is 9.95. The lowest BCUT2D eigenvalue weighted by molar-refractivity contribution is 0.0195. The van der Waals surface area contributed by atoms with Crippen molar-refractivity contribution >= 4 is 33.9 Å². The number of rotatable bonds is 5. The molecule has 0 bridgehead atoms. The molecule has 0 aliphatic carbocycles. The maximum Gasteiger partial charge on any atom is 0.123 e. The van der Waals surface area contributed by atoms with Crippen LogP contribution in [0.25, 0.3) is 0 Å². The van der Waals surface area contributed by atoms with Gasteiger partial charge in [0.2, 0.25) is 0 Å². The van der Waals surface area contributed by atoms with Gasteiger partial charge in [0, 0.05) is 35.3 Å². The summed E-state index contributed by atoms with van der Waals surface area (Å²) in [7, 11) is 0.